The smallest absolute Gasteiger partial charge is 0.261 e. The highest BCUT2D eigenvalue weighted by Crippen LogP contribution is 2.20. The summed E-state index contributed by atoms with van der Waals surface area (Å²) in [6, 6.07) is 20.9. The first-order chi connectivity index (χ1) is 13.4. The van der Waals surface area contributed by atoms with E-state index in [1.54, 1.807) is 42.5 Å². The normalized spacial score (nSPS) is 10.7. The van der Waals surface area contributed by atoms with Crippen molar-refractivity contribution in [1.82, 2.24) is 0 Å². The second-order valence-corrected chi connectivity index (χ2v) is 8.39. The van der Waals surface area contributed by atoms with Crippen LogP contribution in [0.3, 0.4) is 0 Å². The molecule has 140 valence electrons. The van der Waals surface area contributed by atoms with Crippen molar-refractivity contribution in [2.24, 2.45) is 0 Å². The summed E-state index contributed by atoms with van der Waals surface area (Å²) < 4.78 is 28.5. The summed E-state index contributed by atoms with van der Waals surface area (Å²) in [4.78, 5) is 12.4. The third-order valence-electron chi connectivity index (χ3n) is 3.75. The van der Waals surface area contributed by atoms with Crippen molar-refractivity contribution in [2.45, 2.75) is 4.90 Å². The van der Waals surface area contributed by atoms with E-state index in [0.29, 0.717) is 16.9 Å². The molecule has 0 saturated carbocycles. The monoisotopic (exact) mass is 455 g/mol. The molecule has 0 aliphatic heterocycles. The standard InChI is InChI=1S/C20H14BrN3O3S/c21-16-7-9-17(10-8-16)24-28(26,27)19-6-2-4-15(12-19)20(25)23-18-5-1-3-14(11-18)13-22/h1-12,24H,(H,23,25). The first kappa shape index (κ1) is 19.6. The van der Waals surface area contributed by atoms with Crippen LogP contribution in [0, 0.1) is 11.3 Å². The van der Waals surface area contributed by atoms with E-state index in [9.17, 15) is 13.2 Å². The van der Waals surface area contributed by atoms with Crippen LogP contribution in [0.2, 0.25) is 0 Å². The molecule has 8 heteroatoms. The van der Waals surface area contributed by atoms with Gasteiger partial charge in [-0.1, -0.05) is 28.1 Å². The van der Waals surface area contributed by atoms with Gasteiger partial charge in [-0.2, -0.15) is 5.26 Å². The van der Waals surface area contributed by atoms with E-state index in [2.05, 4.69) is 26.0 Å². The van der Waals surface area contributed by atoms with E-state index >= 15 is 0 Å². The molecule has 0 saturated heterocycles. The van der Waals surface area contributed by atoms with Gasteiger partial charge in [0.1, 0.15) is 0 Å². The van der Waals surface area contributed by atoms with Gasteiger partial charge in [-0.15, -0.1) is 0 Å². The summed E-state index contributed by atoms with van der Waals surface area (Å²) in [5.41, 5.74) is 1.45. The SMILES string of the molecule is N#Cc1cccc(NC(=O)c2cccc(S(=O)(=O)Nc3ccc(Br)cc3)c2)c1. The van der Waals surface area contributed by atoms with Gasteiger partial charge in [-0.3, -0.25) is 9.52 Å². The number of sulfonamides is 1. The van der Waals surface area contributed by atoms with Crippen LogP contribution in [0.25, 0.3) is 0 Å². The average Bonchev–Trinajstić information content (AvgIpc) is 2.70. The lowest BCUT2D eigenvalue weighted by molar-refractivity contribution is 0.102. The fourth-order valence-corrected chi connectivity index (χ4v) is 3.77. The largest absolute Gasteiger partial charge is 0.322 e. The molecule has 3 rings (SSSR count). The maximum Gasteiger partial charge on any atom is 0.261 e. The molecule has 0 atom stereocenters. The fraction of sp³-hybridized carbons (Fsp3) is 0. The molecule has 28 heavy (non-hydrogen) atoms. The molecule has 0 aromatic heterocycles. The molecule has 0 spiro atoms. The first-order valence-corrected chi connectivity index (χ1v) is 10.3. The summed E-state index contributed by atoms with van der Waals surface area (Å²) in [6.07, 6.45) is 0. The highest BCUT2D eigenvalue weighted by molar-refractivity contribution is 9.10. The molecule has 3 aromatic carbocycles. The number of benzene rings is 3. The van der Waals surface area contributed by atoms with Crippen molar-refractivity contribution in [3.05, 3.63) is 88.4 Å². The number of anilines is 2. The van der Waals surface area contributed by atoms with Crippen LogP contribution in [0.4, 0.5) is 11.4 Å². The van der Waals surface area contributed by atoms with Gasteiger partial charge < -0.3 is 5.32 Å². The van der Waals surface area contributed by atoms with Crippen LogP contribution < -0.4 is 10.0 Å². The molecule has 0 aliphatic carbocycles. The predicted molar refractivity (Wildman–Crippen MR) is 111 cm³/mol. The fourth-order valence-electron chi connectivity index (χ4n) is 2.41. The van der Waals surface area contributed by atoms with Crippen molar-refractivity contribution in [3.8, 4) is 6.07 Å². The number of hydrogen-bond acceptors (Lipinski definition) is 4. The van der Waals surface area contributed by atoms with E-state index < -0.39 is 15.9 Å². The molecule has 0 aliphatic rings. The highest BCUT2D eigenvalue weighted by Gasteiger charge is 2.17. The number of carbonyl (C=O) groups excluding carboxylic acids is 1. The number of rotatable bonds is 5. The Hall–Kier alpha value is -3.15. The number of carbonyl (C=O) groups is 1. The van der Waals surface area contributed by atoms with Gasteiger partial charge in [0.05, 0.1) is 16.5 Å². The zero-order chi connectivity index (χ0) is 20.1. The van der Waals surface area contributed by atoms with Crippen molar-refractivity contribution >= 4 is 43.2 Å². The lowest BCUT2D eigenvalue weighted by Gasteiger charge is -2.10. The van der Waals surface area contributed by atoms with E-state index in [4.69, 9.17) is 5.26 Å². The first-order valence-electron chi connectivity index (χ1n) is 8.07. The predicted octanol–water partition coefficient (Wildman–Crippen LogP) is 4.37. The zero-order valence-corrected chi connectivity index (χ0v) is 16.8. The Labute approximate surface area is 171 Å². The number of halogens is 1. The molecule has 0 unspecified atom stereocenters. The van der Waals surface area contributed by atoms with Crippen LogP contribution in [0.5, 0.6) is 0 Å². The van der Waals surface area contributed by atoms with Crippen LogP contribution in [-0.4, -0.2) is 14.3 Å². The van der Waals surface area contributed by atoms with Crippen LogP contribution in [0.15, 0.2) is 82.2 Å². The maximum atomic E-state index is 12.6. The third kappa shape index (κ3) is 4.76. The van der Waals surface area contributed by atoms with Gasteiger partial charge >= 0.3 is 0 Å². The quantitative estimate of drug-likeness (QED) is 0.596. The van der Waals surface area contributed by atoms with Gasteiger partial charge in [-0.05, 0) is 60.7 Å². The Morgan fingerprint density at radius 3 is 2.36 bits per heavy atom. The lowest BCUT2D eigenvalue weighted by Crippen LogP contribution is -2.16. The van der Waals surface area contributed by atoms with Crippen LogP contribution >= 0.6 is 15.9 Å². The topological polar surface area (TPSA) is 99.1 Å². The van der Waals surface area contributed by atoms with Gasteiger partial charge in [0.2, 0.25) is 0 Å². The minimum atomic E-state index is -3.85. The number of hydrogen-bond donors (Lipinski definition) is 2. The number of amides is 1. The highest BCUT2D eigenvalue weighted by atomic mass is 79.9. The Bertz CT molecular complexity index is 1170. The Morgan fingerprint density at radius 2 is 1.64 bits per heavy atom. The summed E-state index contributed by atoms with van der Waals surface area (Å²) >= 11 is 3.29. The van der Waals surface area contributed by atoms with Gasteiger partial charge in [0.15, 0.2) is 0 Å². The Kier molecular flexibility index (Phi) is 5.78. The molecular weight excluding hydrogens is 442 g/mol. The Balaban J connectivity index is 1.81. The molecule has 0 fully saturated rings. The summed E-state index contributed by atoms with van der Waals surface area (Å²) in [6.45, 7) is 0. The lowest BCUT2D eigenvalue weighted by atomic mass is 10.2. The molecule has 1 amide bonds. The zero-order valence-electron chi connectivity index (χ0n) is 14.4. The van der Waals surface area contributed by atoms with Gasteiger partial charge in [-0.25, -0.2) is 8.42 Å². The average molecular weight is 456 g/mol. The van der Waals surface area contributed by atoms with E-state index in [1.165, 1.54) is 30.3 Å². The van der Waals surface area contributed by atoms with E-state index in [1.807, 2.05) is 6.07 Å². The molecule has 3 aromatic rings. The summed E-state index contributed by atoms with van der Waals surface area (Å²) in [7, 11) is -3.85. The van der Waals surface area contributed by atoms with E-state index in [0.717, 1.165) is 4.47 Å². The minimum absolute atomic E-state index is 0.0335. The molecule has 0 heterocycles. The van der Waals surface area contributed by atoms with Gasteiger partial charge in [0.25, 0.3) is 15.9 Å². The second kappa shape index (κ2) is 8.25. The Morgan fingerprint density at radius 1 is 0.929 bits per heavy atom. The van der Waals surface area contributed by atoms with Crippen molar-refractivity contribution in [3.63, 3.8) is 0 Å². The summed E-state index contributed by atoms with van der Waals surface area (Å²) in [5, 5.41) is 11.6. The van der Waals surface area contributed by atoms with Crippen LogP contribution in [-0.2, 0) is 10.0 Å². The van der Waals surface area contributed by atoms with Gasteiger partial charge in [0, 0.05) is 21.4 Å². The van der Waals surface area contributed by atoms with E-state index in [-0.39, 0.29) is 10.5 Å². The molecule has 0 bridgehead atoms. The van der Waals surface area contributed by atoms with Crippen LogP contribution in [0.1, 0.15) is 15.9 Å². The number of nitrogens with zero attached hydrogens (tertiary/aromatic N) is 1. The molecule has 0 radical (unpaired) electrons. The second-order valence-electron chi connectivity index (χ2n) is 5.79. The molecule has 2 N–H and O–H groups in total. The molecule has 6 nitrogen and oxygen atoms in total. The minimum Gasteiger partial charge on any atom is -0.322 e. The van der Waals surface area contributed by atoms with Crippen molar-refractivity contribution in [2.75, 3.05) is 10.0 Å². The number of nitriles is 1. The van der Waals surface area contributed by atoms with Crippen molar-refractivity contribution in [1.29, 1.82) is 5.26 Å². The number of nitrogens with one attached hydrogen (secondary N) is 2. The molecular formula is C20H14BrN3O3S. The summed E-state index contributed by atoms with van der Waals surface area (Å²) in [5.74, 6) is -0.476. The maximum absolute atomic E-state index is 12.6. The third-order valence-corrected chi connectivity index (χ3v) is 5.66. The van der Waals surface area contributed by atoms with Crippen molar-refractivity contribution < 1.29 is 13.2 Å².